The number of ether oxygens (including phenoxy) is 1. The molecule has 0 aromatic heterocycles. The van der Waals surface area contributed by atoms with Gasteiger partial charge in [0.2, 0.25) is 0 Å². The fourth-order valence-electron chi connectivity index (χ4n) is 1.35. The maximum Gasteiger partial charge on any atom is 0.107 e. The van der Waals surface area contributed by atoms with Crippen LogP contribution in [0.1, 0.15) is 13.3 Å². The van der Waals surface area contributed by atoms with Crippen LogP contribution in [-0.4, -0.2) is 26.3 Å². The van der Waals surface area contributed by atoms with Crippen LogP contribution in [0, 0.1) is 17.8 Å². The molecule has 1 atom stereocenters. The van der Waals surface area contributed by atoms with E-state index in [1.165, 1.54) is 6.42 Å². The van der Waals surface area contributed by atoms with Crippen LogP contribution in [0.3, 0.4) is 0 Å². The molecule has 0 saturated carbocycles. The van der Waals surface area contributed by atoms with E-state index < -0.39 is 0 Å². The van der Waals surface area contributed by atoms with Gasteiger partial charge in [-0.3, -0.25) is 0 Å². The molecule has 1 N–H and O–H groups in total. The minimum atomic E-state index is 0.316. The van der Waals surface area contributed by atoms with Gasteiger partial charge in [-0.25, -0.2) is 0 Å². The van der Waals surface area contributed by atoms with Crippen LogP contribution in [0.4, 0.5) is 0 Å². The standard InChI is InChI=1S/C9H15NO/c1-3-6-11-8-9(2)4-5-10-7-9/h1,10H,4-8H2,2H3. The highest BCUT2D eigenvalue weighted by atomic mass is 16.5. The first-order chi connectivity index (χ1) is 5.27. The number of terminal acetylenes is 1. The van der Waals surface area contributed by atoms with Crippen LogP contribution < -0.4 is 5.32 Å². The summed E-state index contributed by atoms with van der Waals surface area (Å²) >= 11 is 0. The number of hydrogen-bond donors (Lipinski definition) is 1. The molecule has 62 valence electrons. The molecule has 1 heterocycles. The van der Waals surface area contributed by atoms with Crippen molar-refractivity contribution in [1.29, 1.82) is 0 Å². The summed E-state index contributed by atoms with van der Waals surface area (Å²) in [5, 5.41) is 3.31. The molecule has 0 spiro atoms. The van der Waals surface area contributed by atoms with Gasteiger partial charge in [-0.2, -0.15) is 0 Å². The van der Waals surface area contributed by atoms with Crippen molar-refractivity contribution in [2.45, 2.75) is 13.3 Å². The van der Waals surface area contributed by atoms with Crippen molar-refractivity contribution in [3.63, 3.8) is 0 Å². The summed E-state index contributed by atoms with van der Waals surface area (Å²) in [6, 6.07) is 0. The van der Waals surface area contributed by atoms with Crippen LogP contribution in [-0.2, 0) is 4.74 Å². The molecule has 1 saturated heterocycles. The molecule has 0 amide bonds. The minimum absolute atomic E-state index is 0.316. The predicted octanol–water partition coefficient (Wildman–Crippen LogP) is 0.636. The second kappa shape index (κ2) is 3.75. The predicted molar refractivity (Wildman–Crippen MR) is 45.2 cm³/mol. The van der Waals surface area contributed by atoms with E-state index >= 15 is 0 Å². The van der Waals surface area contributed by atoms with Gasteiger partial charge in [0.1, 0.15) is 6.61 Å². The van der Waals surface area contributed by atoms with E-state index in [0.29, 0.717) is 12.0 Å². The van der Waals surface area contributed by atoms with Crippen LogP contribution in [0.15, 0.2) is 0 Å². The molecule has 0 bridgehead atoms. The summed E-state index contributed by atoms with van der Waals surface area (Å²) in [5.41, 5.74) is 0.316. The summed E-state index contributed by atoms with van der Waals surface area (Å²) in [7, 11) is 0. The van der Waals surface area contributed by atoms with Crippen molar-refractivity contribution in [2.75, 3.05) is 26.3 Å². The zero-order valence-corrected chi connectivity index (χ0v) is 7.02. The number of rotatable bonds is 3. The first kappa shape index (κ1) is 8.58. The molecular weight excluding hydrogens is 138 g/mol. The van der Waals surface area contributed by atoms with Gasteiger partial charge in [0.15, 0.2) is 0 Å². The Bertz CT molecular complexity index is 153. The van der Waals surface area contributed by atoms with Crippen molar-refractivity contribution in [1.82, 2.24) is 5.32 Å². The van der Waals surface area contributed by atoms with Crippen LogP contribution in [0.5, 0.6) is 0 Å². The third-order valence-corrected chi connectivity index (χ3v) is 2.09. The van der Waals surface area contributed by atoms with Crippen LogP contribution in [0.2, 0.25) is 0 Å². The molecule has 2 nitrogen and oxygen atoms in total. The number of nitrogens with one attached hydrogen (secondary N) is 1. The molecule has 1 fully saturated rings. The third-order valence-electron chi connectivity index (χ3n) is 2.09. The highest BCUT2D eigenvalue weighted by Gasteiger charge is 2.28. The molecular formula is C9H15NO. The summed E-state index contributed by atoms with van der Waals surface area (Å²) in [5.74, 6) is 2.47. The molecule has 0 aromatic carbocycles. The fourth-order valence-corrected chi connectivity index (χ4v) is 1.35. The third kappa shape index (κ3) is 2.53. The van der Waals surface area contributed by atoms with E-state index in [9.17, 15) is 0 Å². The normalized spacial score (nSPS) is 30.2. The van der Waals surface area contributed by atoms with Gasteiger partial charge < -0.3 is 10.1 Å². The molecule has 0 aromatic rings. The zero-order valence-electron chi connectivity index (χ0n) is 7.02. The Hall–Kier alpha value is -0.520. The molecule has 11 heavy (non-hydrogen) atoms. The highest BCUT2D eigenvalue weighted by Crippen LogP contribution is 2.24. The average Bonchev–Trinajstić information content (AvgIpc) is 2.38. The Morgan fingerprint density at radius 1 is 1.73 bits per heavy atom. The summed E-state index contributed by atoms with van der Waals surface area (Å²) in [6.45, 7) is 5.61. The molecule has 1 rings (SSSR count). The van der Waals surface area contributed by atoms with E-state index in [2.05, 4.69) is 18.2 Å². The Labute approximate surface area is 68.3 Å². The van der Waals surface area contributed by atoms with E-state index in [4.69, 9.17) is 11.2 Å². The lowest BCUT2D eigenvalue weighted by molar-refractivity contribution is 0.0846. The van der Waals surface area contributed by atoms with E-state index in [-0.39, 0.29) is 0 Å². The topological polar surface area (TPSA) is 21.3 Å². The highest BCUT2D eigenvalue weighted by molar-refractivity contribution is 4.86. The largest absolute Gasteiger partial charge is 0.368 e. The Kier molecular flexibility index (Phi) is 2.92. The minimum Gasteiger partial charge on any atom is -0.368 e. The van der Waals surface area contributed by atoms with Gasteiger partial charge >= 0.3 is 0 Å². The lowest BCUT2D eigenvalue weighted by Gasteiger charge is -2.21. The van der Waals surface area contributed by atoms with Gasteiger partial charge in [0.25, 0.3) is 0 Å². The average molecular weight is 153 g/mol. The van der Waals surface area contributed by atoms with Crippen molar-refractivity contribution in [2.24, 2.45) is 5.41 Å². The molecule has 2 heteroatoms. The second-order valence-electron chi connectivity index (χ2n) is 3.43. The van der Waals surface area contributed by atoms with E-state index in [0.717, 1.165) is 19.7 Å². The molecule has 0 aliphatic carbocycles. The maximum atomic E-state index is 5.29. The molecule has 0 radical (unpaired) electrons. The first-order valence-electron chi connectivity index (χ1n) is 3.99. The maximum absolute atomic E-state index is 5.29. The van der Waals surface area contributed by atoms with Gasteiger partial charge in [0.05, 0.1) is 6.61 Å². The molecule has 1 aliphatic rings. The SMILES string of the molecule is C#CCOCC1(C)CCNC1. The number of hydrogen-bond acceptors (Lipinski definition) is 2. The van der Waals surface area contributed by atoms with E-state index in [1.807, 2.05) is 0 Å². The molecule has 1 aliphatic heterocycles. The fraction of sp³-hybridized carbons (Fsp3) is 0.778. The quantitative estimate of drug-likeness (QED) is 0.474. The van der Waals surface area contributed by atoms with Crippen molar-refractivity contribution in [3.8, 4) is 12.3 Å². The van der Waals surface area contributed by atoms with Crippen molar-refractivity contribution in [3.05, 3.63) is 0 Å². The lowest BCUT2D eigenvalue weighted by Crippen LogP contribution is -2.26. The Balaban J connectivity index is 2.19. The lowest BCUT2D eigenvalue weighted by atomic mass is 9.91. The van der Waals surface area contributed by atoms with Gasteiger partial charge in [-0.05, 0) is 13.0 Å². The second-order valence-corrected chi connectivity index (χ2v) is 3.43. The summed E-state index contributed by atoms with van der Waals surface area (Å²) in [4.78, 5) is 0. The van der Waals surface area contributed by atoms with Crippen molar-refractivity contribution < 1.29 is 4.74 Å². The zero-order chi connectivity index (χ0) is 8.16. The Morgan fingerprint density at radius 2 is 2.55 bits per heavy atom. The summed E-state index contributed by atoms with van der Waals surface area (Å²) in [6.07, 6.45) is 6.26. The van der Waals surface area contributed by atoms with Crippen LogP contribution >= 0.6 is 0 Å². The smallest absolute Gasteiger partial charge is 0.107 e. The monoisotopic (exact) mass is 153 g/mol. The van der Waals surface area contributed by atoms with Gasteiger partial charge in [-0.15, -0.1) is 6.42 Å². The van der Waals surface area contributed by atoms with Gasteiger partial charge in [-0.1, -0.05) is 12.8 Å². The Morgan fingerprint density at radius 3 is 3.09 bits per heavy atom. The van der Waals surface area contributed by atoms with Crippen LogP contribution in [0.25, 0.3) is 0 Å². The molecule has 1 unspecified atom stereocenters. The van der Waals surface area contributed by atoms with Crippen molar-refractivity contribution >= 4 is 0 Å². The van der Waals surface area contributed by atoms with E-state index in [1.54, 1.807) is 0 Å². The first-order valence-corrected chi connectivity index (χ1v) is 3.99. The van der Waals surface area contributed by atoms with Gasteiger partial charge in [0, 0.05) is 12.0 Å². The summed E-state index contributed by atoms with van der Waals surface area (Å²) < 4.78 is 5.29.